The number of nitrogens with zero attached hydrogens (tertiary/aromatic N) is 2. The second kappa shape index (κ2) is 4.59. The molecule has 0 radical (unpaired) electrons. The van der Waals surface area contributed by atoms with E-state index >= 15 is 0 Å². The van der Waals surface area contributed by atoms with Crippen LogP contribution >= 0.6 is 0 Å². The average Bonchev–Trinajstić information content (AvgIpc) is 2.96. The van der Waals surface area contributed by atoms with Crippen LogP contribution in [0, 0.1) is 17.2 Å². The summed E-state index contributed by atoms with van der Waals surface area (Å²) < 4.78 is 0. The molecule has 0 spiro atoms. The highest BCUT2D eigenvalue weighted by molar-refractivity contribution is 5.01. The maximum Gasteiger partial charge on any atom is 0.0672 e. The number of nitrogens with one attached hydrogen (secondary N) is 1. The van der Waals surface area contributed by atoms with E-state index in [9.17, 15) is 0 Å². The Morgan fingerprint density at radius 1 is 1.24 bits per heavy atom. The fourth-order valence-electron chi connectivity index (χ4n) is 3.71. The SMILES string of the molecule is CC1CC(NC2CCCC2C#N)CN1C1CC1. The van der Waals surface area contributed by atoms with Gasteiger partial charge in [-0.2, -0.15) is 5.26 Å². The molecule has 0 aromatic rings. The second-order valence-electron chi connectivity index (χ2n) is 6.15. The van der Waals surface area contributed by atoms with Crippen LogP contribution in [0.15, 0.2) is 0 Å². The Bertz CT molecular complexity index is 318. The molecule has 4 atom stereocenters. The molecular formula is C14H23N3. The lowest BCUT2D eigenvalue weighted by Crippen LogP contribution is -2.41. The van der Waals surface area contributed by atoms with Crippen molar-refractivity contribution in [3.63, 3.8) is 0 Å². The molecule has 3 heteroatoms. The van der Waals surface area contributed by atoms with Crippen LogP contribution in [-0.2, 0) is 0 Å². The first kappa shape index (κ1) is 11.5. The first-order valence-electron chi connectivity index (χ1n) is 7.19. The average molecular weight is 233 g/mol. The summed E-state index contributed by atoms with van der Waals surface area (Å²) >= 11 is 0. The normalized spacial score (nSPS) is 42.8. The molecule has 0 aromatic carbocycles. The minimum Gasteiger partial charge on any atom is -0.309 e. The van der Waals surface area contributed by atoms with Crippen molar-refractivity contribution in [2.45, 2.75) is 69.6 Å². The lowest BCUT2D eigenvalue weighted by molar-refractivity contribution is 0.253. The molecule has 1 heterocycles. The number of nitriles is 1. The van der Waals surface area contributed by atoms with E-state index in [2.05, 4.69) is 23.2 Å². The third-order valence-electron chi connectivity index (χ3n) is 4.77. The summed E-state index contributed by atoms with van der Waals surface area (Å²) in [5, 5.41) is 12.9. The minimum absolute atomic E-state index is 0.264. The molecule has 0 bridgehead atoms. The molecule has 2 saturated carbocycles. The first-order valence-corrected chi connectivity index (χ1v) is 7.19. The molecular weight excluding hydrogens is 210 g/mol. The molecule has 2 aliphatic carbocycles. The number of likely N-dealkylation sites (tertiary alicyclic amines) is 1. The predicted molar refractivity (Wildman–Crippen MR) is 67.5 cm³/mol. The molecule has 1 N–H and O–H groups in total. The van der Waals surface area contributed by atoms with Gasteiger partial charge >= 0.3 is 0 Å². The minimum atomic E-state index is 0.264. The van der Waals surface area contributed by atoms with Crippen molar-refractivity contribution in [2.75, 3.05) is 6.54 Å². The Hall–Kier alpha value is -0.590. The van der Waals surface area contributed by atoms with Crippen LogP contribution in [0.4, 0.5) is 0 Å². The summed E-state index contributed by atoms with van der Waals surface area (Å²) in [5.41, 5.74) is 0. The highest BCUT2D eigenvalue weighted by atomic mass is 15.3. The van der Waals surface area contributed by atoms with Gasteiger partial charge in [0.2, 0.25) is 0 Å². The van der Waals surface area contributed by atoms with Gasteiger partial charge < -0.3 is 5.32 Å². The van der Waals surface area contributed by atoms with E-state index in [0.29, 0.717) is 12.1 Å². The number of hydrogen-bond donors (Lipinski definition) is 1. The molecule has 1 saturated heterocycles. The van der Waals surface area contributed by atoms with Gasteiger partial charge in [0.05, 0.1) is 12.0 Å². The van der Waals surface area contributed by atoms with Gasteiger partial charge in [0, 0.05) is 30.7 Å². The van der Waals surface area contributed by atoms with E-state index < -0.39 is 0 Å². The third kappa shape index (κ3) is 2.34. The van der Waals surface area contributed by atoms with Crippen molar-refractivity contribution in [2.24, 2.45) is 5.92 Å². The first-order chi connectivity index (χ1) is 8.28. The van der Waals surface area contributed by atoms with Gasteiger partial charge in [-0.25, -0.2) is 0 Å². The molecule has 3 rings (SSSR count). The fraction of sp³-hybridized carbons (Fsp3) is 0.929. The van der Waals surface area contributed by atoms with Gasteiger partial charge in [-0.05, 0) is 39.0 Å². The molecule has 3 aliphatic rings. The summed E-state index contributed by atoms with van der Waals surface area (Å²) in [6.45, 7) is 3.57. The van der Waals surface area contributed by atoms with Crippen LogP contribution in [0.3, 0.4) is 0 Å². The summed E-state index contributed by atoms with van der Waals surface area (Å²) in [6.07, 6.45) is 7.60. The van der Waals surface area contributed by atoms with E-state index in [1.54, 1.807) is 0 Å². The summed E-state index contributed by atoms with van der Waals surface area (Å²) in [5.74, 6) is 0.264. The Morgan fingerprint density at radius 3 is 2.76 bits per heavy atom. The van der Waals surface area contributed by atoms with Crippen molar-refractivity contribution >= 4 is 0 Å². The van der Waals surface area contributed by atoms with E-state index in [-0.39, 0.29) is 5.92 Å². The largest absolute Gasteiger partial charge is 0.309 e. The van der Waals surface area contributed by atoms with Crippen LogP contribution in [-0.4, -0.2) is 35.6 Å². The van der Waals surface area contributed by atoms with E-state index in [1.807, 2.05) is 0 Å². The van der Waals surface area contributed by atoms with Gasteiger partial charge in [0.1, 0.15) is 0 Å². The van der Waals surface area contributed by atoms with Crippen LogP contribution in [0.2, 0.25) is 0 Å². The molecule has 17 heavy (non-hydrogen) atoms. The summed E-state index contributed by atoms with van der Waals surface area (Å²) in [4.78, 5) is 2.67. The summed E-state index contributed by atoms with van der Waals surface area (Å²) in [7, 11) is 0. The van der Waals surface area contributed by atoms with Crippen molar-refractivity contribution in [1.82, 2.24) is 10.2 Å². The molecule has 0 amide bonds. The van der Waals surface area contributed by atoms with Gasteiger partial charge in [-0.1, -0.05) is 6.42 Å². The van der Waals surface area contributed by atoms with Gasteiger partial charge in [-0.15, -0.1) is 0 Å². The topological polar surface area (TPSA) is 39.1 Å². The molecule has 3 fully saturated rings. The van der Waals surface area contributed by atoms with Crippen molar-refractivity contribution in [3.8, 4) is 6.07 Å². The zero-order valence-corrected chi connectivity index (χ0v) is 10.7. The van der Waals surface area contributed by atoms with Gasteiger partial charge in [0.15, 0.2) is 0 Å². The zero-order valence-electron chi connectivity index (χ0n) is 10.7. The quantitative estimate of drug-likeness (QED) is 0.809. The maximum atomic E-state index is 9.11. The smallest absolute Gasteiger partial charge is 0.0672 e. The standard InChI is InChI=1S/C14H23N3/c1-10-7-12(9-17(10)13-5-6-13)16-14-4-2-3-11(14)8-15/h10-14,16H,2-7,9H2,1H3. The van der Waals surface area contributed by atoms with Crippen LogP contribution in [0.25, 0.3) is 0 Å². The van der Waals surface area contributed by atoms with E-state index in [1.165, 1.54) is 38.6 Å². The van der Waals surface area contributed by atoms with Crippen LogP contribution < -0.4 is 5.32 Å². The van der Waals surface area contributed by atoms with Crippen LogP contribution in [0.1, 0.15) is 45.4 Å². The maximum absolute atomic E-state index is 9.11. The third-order valence-corrected chi connectivity index (χ3v) is 4.77. The Labute approximate surface area is 104 Å². The second-order valence-corrected chi connectivity index (χ2v) is 6.15. The van der Waals surface area contributed by atoms with E-state index in [4.69, 9.17) is 5.26 Å². The molecule has 0 aromatic heterocycles. The Balaban J connectivity index is 1.54. The fourth-order valence-corrected chi connectivity index (χ4v) is 3.71. The van der Waals surface area contributed by atoms with Crippen molar-refractivity contribution < 1.29 is 0 Å². The van der Waals surface area contributed by atoms with Crippen molar-refractivity contribution in [1.29, 1.82) is 5.26 Å². The Kier molecular flexibility index (Phi) is 3.10. The summed E-state index contributed by atoms with van der Waals surface area (Å²) in [6, 6.07) is 5.19. The van der Waals surface area contributed by atoms with Gasteiger partial charge in [-0.3, -0.25) is 4.90 Å². The molecule has 4 unspecified atom stereocenters. The lowest BCUT2D eigenvalue weighted by atomic mass is 10.0. The lowest BCUT2D eigenvalue weighted by Gasteiger charge is -2.22. The number of hydrogen-bond acceptors (Lipinski definition) is 3. The monoisotopic (exact) mass is 233 g/mol. The highest BCUT2D eigenvalue weighted by Gasteiger charge is 2.40. The zero-order chi connectivity index (χ0) is 11.8. The van der Waals surface area contributed by atoms with E-state index in [0.717, 1.165) is 18.5 Å². The predicted octanol–water partition coefficient (Wildman–Crippen LogP) is 1.89. The van der Waals surface area contributed by atoms with Crippen LogP contribution in [0.5, 0.6) is 0 Å². The number of rotatable bonds is 3. The van der Waals surface area contributed by atoms with Gasteiger partial charge in [0.25, 0.3) is 0 Å². The highest BCUT2D eigenvalue weighted by Crippen LogP contribution is 2.34. The molecule has 1 aliphatic heterocycles. The molecule has 94 valence electrons. The molecule has 3 nitrogen and oxygen atoms in total. The Morgan fingerprint density at radius 2 is 2.06 bits per heavy atom. The van der Waals surface area contributed by atoms with Crippen molar-refractivity contribution in [3.05, 3.63) is 0 Å².